The molecule has 1 aliphatic rings. The lowest BCUT2D eigenvalue weighted by molar-refractivity contribution is -0.117. The maximum Gasteiger partial charge on any atom is 0.263 e. The van der Waals surface area contributed by atoms with Crippen molar-refractivity contribution in [3.63, 3.8) is 0 Å². The Hall–Kier alpha value is -2.35. The Morgan fingerprint density at radius 3 is 2.76 bits per heavy atom. The van der Waals surface area contributed by atoms with Gasteiger partial charge < -0.3 is 10.2 Å². The summed E-state index contributed by atoms with van der Waals surface area (Å²) in [5, 5.41) is 11.9. The highest BCUT2D eigenvalue weighted by molar-refractivity contribution is 5.97. The van der Waals surface area contributed by atoms with Crippen molar-refractivity contribution in [2.45, 2.75) is 32.2 Å². The SMILES string of the molecule is N#C/C(=C/N1CCCCCC1)C(=O)NCc1cccnc1. The average molecular weight is 284 g/mol. The van der Waals surface area contributed by atoms with E-state index in [-0.39, 0.29) is 11.5 Å². The molecule has 1 N–H and O–H groups in total. The molecule has 1 amide bonds. The molecule has 110 valence electrons. The Kier molecular flexibility index (Phi) is 5.77. The van der Waals surface area contributed by atoms with Gasteiger partial charge in [0.05, 0.1) is 0 Å². The minimum Gasteiger partial charge on any atom is -0.376 e. The predicted molar refractivity (Wildman–Crippen MR) is 79.8 cm³/mol. The molecule has 5 nitrogen and oxygen atoms in total. The van der Waals surface area contributed by atoms with Gasteiger partial charge in [-0.1, -0.05) is 18.9 Å². The highest BCUT2D eigenvalue weighted by atomic mass is 16.1. The lowest BCUT2D eigenvalue weighted by Crippen LogP contribution is -2.27. The fourth-order valence-electron chi connectivity index (χ4n) is 2.33. The third-order valence-corrected chi connectivity index (χ3v) is 3.49. The summed E-state index contributed by atoms with van der Waals surface area (Å²) in [5.74, 6) is -0.328. The lowest BCUT2D eigenvalue weighted by Gasteiger charge is -2.17. The largest absolute Gasteiger partial charge is 0.376 e. The molecule has 1 fully saturated rings. The van der Waals surface area contributed by atoms with Gasteiger partial charge in [0.1, 0.15) is 11.6 Å². The molecular formula is C16H20N4O. The zero-order valence-electron chi connectivity index (χ0n) is 12.1. The number of hydrogen-bond donors (Lipinski definition) is 1. The molecule has 2 heterocycles. The van der Waals surface area contributed by atoms with Gasteiger partial charge in [-0.15, -0.1) is 0 Å². The van der Waals surface area contributed by atoms with Gasteiger partial charge in [-0.2, -0.15) is 5.26 Å². The number of nitrogens with one attached hydrogen (secondary N) is 1. The molecule has 1 aliphatic heterocycles. The summed E-state index contributed by atoms with van der Waals surface area (Å²) < 4.78 is 0. The van der Waals surface area contributed by atoms with Crippen LogP contribution >= 0.6 is 0 Å². The summed E-state index contributed by atoms with van der Waals surface area (Å²) in [6.07, 6.45) is 9.76. The van der Waals surface area contributed by atoms with Crippen molar-refractivity contribution < 1.29 is 4.79 Å². The minimum absolute atomic E-state index is 0.167. The molecule has 0 aliphatic carbocycles. The number of aromatic nitrogens is 1. The van der Waals surface area contributed by atoms with Crippen molar-refractivity contribution in [1.82, 2.24) is 15.2 Å². The van der Waals surface area contributed by atoms with Crippen molar-refractivity contribution in [1.29, 1.82) is 5.26 Å². The summed E-state index contributed by atoms with van der Waals surface area (Å²) in [6, 6.07) is 5.70. The maximum absolute atomic E-state index is 12.1. The highest BCUT2D eigenvalue weighted by Crippen LogP contribution is 2.11. The van der Waals surface area contributed by atoms with E-state index >= 15 is 0 Å². The van der Waals surface area contributed by atoms with E-state index in [9.17, 15) is 10.1 Å². The zero-order chi connectivity index (χ0) is 14.9. The first-order chi connectivity index (χ1) is 10.3. The maximum atomic E-state index is 12.1. The molecule has 0 atom stereocenters. The molecule has 0 radical (unpaired) electrons. The number of likely N-dealkylation sites (tertiary alicyclic amines) is 1. The molecule has 0 aromatic carbocycles. The molecule has 2 rings (SSSR count). The third kappa shape index (κ3) is 4.92. The molecule has 5 heteroatoms. The van der Waals surface area contributed by atoms with E-state index in [2.05, 4.69) is 15.2 Å². The molecule has 1 aromatic heterocycles. The van der Waals surface area contributed by atoms with Gasteiger partial charge in [0, 0.05) is 38.2 Å². The minimum atomic E-state index is -0.328. The second kappa shape index (κ2) is 8.05. The fourth-order valence-corrected chi connectivity index (χ4v) is 2.33. The number of nitriles is 1. The molecule has 0 unspecified atom stereocenters. The fraction of sp³-hybridized carbons (Fsp3) is 0.438. The Labute approximate surface area is 125 Å². The summed E-state index contributed by atoms with van der Waals surface area (Å²) in [5.41, 5.74) is 1.08. The molecule has 1 saturated heterocycles. The van der Waals surface area contributed by atoms with Crippen LogP contribution < -0.4 is 5.32 Å². The van der Waals surface area contributed by atoms with Crippen molar-refractivity contribution in [3.05, 3.63) is 41.9 Å². The quantitative estimate of drug-likeness (QED) is 0.678. The van der Waals surface area contributed by atoms with E-state index in [1.165, 1.54) is 12.8 Å². The van der Waals surface area contributed by atoms with Crippen molar-refractivity contribution >= 4 is 5.91 Å². The van der Waals surface area contributed by atoms with Crippen LogP contribution in [0.3, 0.4) is 0 Å². The number of carbonyl (C=O) groups excluding carboxylic acids is 1. The molecular weight excluding hydrogens is 264 g/mol. The number of pyridine rings is 1. The average Bonchev–Trinajstić information content (AvgIpc) is 2.80. The van der Waals surface area contributed by atoms with E-state index in [0.29, 0.717) is 6.54 Å². The van der Waals surface area contributed by atoms with Gasteiger partial charge >= 0.3 is 0 Å². The number of hydrogen-bond acceptors (Lipinski definition) is 4. The Balaban J connectivity index is 1.93. The molecule has 0 spiro atoms. The van der Waals surface area contributed by atoms with Crippen LogP contribution in [0.2, 0.25) is 0 Å². The Bertz CT molecular complexity index is 525. The summed E-state index contributed by atoms with van der Waals surface area (Å²) in [4.78, 5) is 18.1. The first-order valence-electron chi connectivity index (χ1n) is 7.32. The number of rotatable bonds is 4. The van der Waals surface area contributed by atoms with Crippen molar-refractivity contribution in [2.75, 3.05) is 13.1 Å². The Morgan fingerprint density at radius 2 is 2.14 bits per heavy atom. The van der Waals surface area contributed by atoms with Crippen LogP contribution in [0.15, 0.2) is 36.3 Å². The van der Waals surface area contributed by atoms with Crippen LogP contribution in [0.25, 0.3) is 0 Å². The lowest BCUT2D eigenvalue weighted by atomic mass is 10.2. The summed E-state index contributed by atoms with van der Waals surface area (Å²) >= 11 is 0. The van der Waals surface area contributed by atoms with E-state index in [1.807, 2.05) is 18.2 Å². The second-order valence-electron chi connectivity index (χ2n) is 5.15. The smallest absolute Gasteiger partial charge is 0.263 e. The molecule has 21 heavy (non-hydrogen) atoms. The van der Waals surface area contributed by atoms with Gasteiger partial charge in [-0.25, -0.2) is 0 Å². The third-order valence-electron chi connectivity index (χ3n) is 3.49. The number of carbonyl (C=O) groups is 1. The zero-order valence-corrected chi connectivity index (χ0v) is 12.1. The summed E-state index contributed by atoms with van der Waals surface area (Å²) in [7, 11) is 0. The first kappa shape index (κ1) is 15.0. The molecule has 0 saturated carbocycles. The van der Waals surface area contributed by atoms with Crippen LogP contribution in [-0.4, -0.2) is 28.9 Å². The van der Waals surface area contributed by atoms with E-state index in [4.69, 9.17) is 0 Å². The monoisotopic (exact) mass is 284 g/mol. The van der Waals surface area contributed by atoms with Gasteiger partial charge in [-0.05, 0) is 24.5 Å². The number of amides is 1. The highest BCUT2D eigenvalue weighted by Gasteiger charge is 2.12. The van der Waals surface area contributed by atoms with E-state index in [0.717, 1.165) is 31.5 Å². The van der Waals surface area contributed by atoms with Crippen molar-refractivity contribution in [2.24, 2.45) is 0 Å². The van der Waals surface area contributed by atoms with Crippen LogP contribution in [0.4, 0.5) is 0 Å². The Morgan fingerprint density at radius 1 is 1.38 bits per heavy atom. The van der Waals surface area contributed by atoms with Gasteiger partial charge in [0.25, 0.3) is 5.91 Å². The van der Waals surface area contributed by atoms with Crippen LogP contribution in [0.1, 0.15) is 31.2 Å². The number of nitrogens with zero attached hydrogens (tertiary/aromatic N) is 3. The van der Waals surface area contributed by atoms with Crippen LogP contribution in [-0.2, 0) is 11.3 Å². The van der Waals surface area contributed by atoms with Crippen molar-refractivity contribution in [3.8, 4) is 6.07 Å². The topological polar surface area (TPSA) is 69.0 Å². The van der Waals surface area contributed by atoms with Gasteiger partial charge in [-0.3, -0.25) is 9.78 Å². The normalized spacial score (nSPS) is 16.0. The predicted octanol–water partition coefficient (Wildman–Crippen LogP) is 1.98. The second-order valence-corrected chi connectivity index (χ2v) is 5.15. The van der Waals surface area contributed by atoms with E-state index in [1.54, 1.807) is 18.6 Å². The molecule has 1 aromatic rings. The standard InChI is InChI=1S/C16H20N4O/c17-10-15(13-20-8-3-1-2-4-9-20)16(21)19-12-14-6-5-7-18-11-14/h5-7,11,13H,1-4,8-9,12H2,(H,19,21)/b15-13-. The van der Waals surface area contributed by atoms with Crippen LogP contribution in [0, 0.1) is 11.3 Å². The van der Waals surface area contributed by atoms with Crippen LogP contribution in [0.5, 0.6) is 0 Å². The summed E-state index contributed by atoms with van der Waals surface area (Å²) in [6.45, 7) is 2.22. The van der Waals surface area contributed by atoms with E-state index < -0.39 is 0 Å². The van der Waals surface area contributed by atoms with Gasteiger partial charge in [0.15, 0.2) is 0 Å². The molecule has 0 bridgehead atoms. The van der Waals surface area contributed by atoms with Gasteiger partial charge in [0.2, 0.25) is 0 Å². The first-order valence-corrected chi connectivity index (χ1v) is 7.32.